The largest absolute Gasteiger partial charge is 0.457 e. The Bertz CT molecular complexity index is 562. The summed E-state index contributed by atoms with van der Waals surface area (Å²) in [6.07, 6.45) is 1.21. The number of benzene rings is 2. The van der Waals surface area contributed by atoms with E-state index in [4.69, 9.17) is 4.74 Å². The van der Waals surface area contributed by atoms with Gasteiger partial charge in [-0.2, -0.15) is 0 Å². The lowest BCUT2D eigenvalue weighted by molar-refractivity contribution is 0.190. The van der Waals surface area contributed by atoms with E-state index in [1.54, 1.807) is 12.1 Å². The Labute approximate surface area is 118 Å². The first-order valence-corrected chi connectivity index (χ1v) is 6.85. The highest BCUT2D eigenvalue weighted by Crippen LogP contribution is 2.31. The van der Waals surface area contributed by atoms with Crippen molar-refractivity contribution in [3.63, 3.8) is 0 Å². The van der Waals surface area contributed by atoms with Gasteiger partial charge in [-0.1, -0.05) is 31.5 Å². The predicted molar refractivity (Wildman–Crippen MR) is 77.5 cm³/mol. The van der Waals surface area contributed by atoms with Crippen LogP contribution in [0.15, 0.2) is 42.5 Å². The van der Waals surface area contributed by atoms with Crippen molar-refractivity contribution in [2.24, 2.45) is 0 Å². The molecule has 0 heterocycles. The molecule has 0 radical (unpaired) electrons. The molecule has 0 saturated heterocycles. The Morgan fingerprint density at radius 2 is 1.85 bits per heavy atom. The molecule has 0 unspecified atom stereocenters. The average molecular weight is 274 g/mol. The van der Waals surface area contributed by atoms with Crippen LogP contribution in [0.25, 0.3) is 0 Å². The van der Waals surface area contributed by atoms with Gasteiger partial charge in [0.2, 0.25) is 0 Å². The molecule has 0 fully saturated rings. The summed E-state index contributed by atoms with van der Waals surface area (Å²) in [5, 5.41) is 9.66. The molecule has 2 aromatic carbocycles. The van der Waals surface area contributed by atoms with Crippen LogP contribution >= 0.6 is 0 Å². The zero-order valence-corrected chi connectivity index (χ0v) is 11.8. The number of hydrogen-bond acceptors (Lipinski definition) is 2. The molecule has 2 nitrogen and oxygen atoms in total. The maximum Gasteiger partial charge on any atom is 0.136 e. The third-order valence-corrected chi connectivity index (χ3v) is 3.12. The molecule has 0 bridgehead atoms. The quantitative estimate of drug-likeness (QED) is 0.861. The lowest BCUT2D eigenvalue weighted by Gasteiger charge is -2.14. The average Bonchev–Trinajstić information content (AvgIpc) is 2.41. The topological polar surface area (TPSA) is 29.5 Å². The molecule has 20 heavy (non-hydrogen) atoms. The van der Waals surface area contributed by atoms with Crippen molar-refractivity contribution >= 4 is 0 Å². The first-order chi connectivity index (χ1) is 9.61. The summed E-state index contributed by atoms with van der Waals surface area (Å²) in [6, 6.07) is 12.3. The first kappa shape index (κ1) is 14.5. The standard InChI is InChI=1S/C17H19FO2/c1-3-5-13-8-10-14(11-9-13)20-16-7-4-6-15(18)17(16)12(2)19/h4,6-12,19H,3,5H2,1-2H3/t12-/m0/s1. The summed E-state index contributed by atoms with van der Waals surface area (Å²) >= 11 is 0. The van der Waals surface area contributed by atoms with Crippen LogP contribution in [0.3, 0.4) is 0 Å². The number of aliphatic hydroxyl groups excluding tert-OH is 1. The second-order valence-electron chi connectivity index (χ2n) is 4.82. The van der Waals surface area contributed by atoms with Gasteiger partial charge in [-0.3, -0.25) is 0 Å². The van der Waals surface area contributed by atoms with Gasteiger partial charge in [0.25, 0.3) is 0 Å². The van der Waals surface area contributed by atoms with E-state index >= 15 is 0 Å². The van der Waals surface area contributed by atoms with Crippen molar-refractivity contribution < 1.29 is 14.2 Å². The molecule has 2 aromatic rings. The number of hydrogen-bond donors (Lipinski definition) is 1. The lowest BCUT2D eigenvalue weighted by Crippen LogP contribution is -1.99. The normalized spacial score (nSPS) is 12.2. The Morgan fingerprint density at radius 3 is 2.45 bits per heavy atom. The van der Waals surface area contributed by atoms with Gasteiger partial charge < -0.3 is 9.84 Å². The number of rotatable bonds is 5. The van der Waals surface area contributed by atoms with Gasteiger partial charge in [0.1, 0.15) is 17.3 Å². The summed E-state index contributed by atoms with van der Waals surface area (Å²) in [7, 11) is 0. The fourth-order valence-corrected chi connectivity index (χ4v) is 2.15. The van der Waals surface area contributed by atoms with Gasteiger partial charge in [-0.15, -0.1) is 0 Å². The van der Waals surface area contributed by atoms with Crippen LogP contribution in [0.1, 0.15) is 37.5 Å². The van der Waals surface area contributed by atoms with E-state index in [9.17, 15) is 9.50 Å². The second-order valence-corrected chi connectivity index (χ2v) is 4.82. The van der Waals surface area contributed by atoms with E-state index in [0.29, 0.717) is 11.5 Å². The zero-order chi connectivity index (χ0) is 14.5. The summed E-state index contributed by atoms with van der Waals surface area (Å²) in [4.78, 5) is 0. The van der Waals surface area contributed by atoms with E-state index in [-0.39, 0.29) is 5.56 Å². The Morgan fingerprint density at radius 1 is 1.15 bits per heavy atom. The monoisotopic (exact) mass is 274 g/mol. The smallest absolute Gasteiger partial charge is 0.136 e. The van der Waals surface area contributed by atoms with Crippen molar-refractivity contribution in [2.45, 2.75) is 32.8 Å². The maximum absolute atomic E-state index is 13.7. The van der Waals surface area contributed by atoms with Crippen LogP contribution in [0, 0.1) is 5.82 Å². The van der Waals surface area contributed by atoms with Crippen molar-refractivity contribution in [1.82, 2.24) is 0 Å². The second kappa shape index (κ2) is 6.53. The molecule has 0 spiro atoms. The molecule has 0 aromatic heterocycles. The van der Waals surface area contributed by atoms with E-state index in [1.807, 2.05) is 24.3 Å². The van der Waals surface area contributed by atoms with Crippen LogP contribution in [0.2, 0.25) is 0 Å². The zero-order valence-electron chi connectivity index (χ0n) is 11.8. The first-order valence-electron chi connectivity index (χ1n) is 6.85. The van der Waals surface area contributed by atoms with Crippen LogP contribution in [0.4, 0.5) is 4.39 Å². The third-order valence-electron chi connectivity index (χ3n) is 3.12. The van der Waals surface area contributed by atoms with Crippen LogP contribution < -0.4 is 4.74 Å². The van der Waals surface area contributed by atoms with Crippen molar-refractivity contribution in [1.29, 1.82) is 0 Å². The molecule has 2 rings (SSSR count). The predicted octanol–water partition coefficient (Wildman–Crippen LogP) is 4.62. The van der Waals surface area contributed by atoms with Crippen molar-refractivity contribution in [3.8, 4) is 11.5 Å². The van der Waals surface area contributed by atoms with Gasteiger partial charge in [0.15, 0.2) is 0 Å². The summed E-state index contributed by atoms with van der Waals surface area (Å²) in [6.45, 7) is 3.65. The molecular formula is C17H19FO2. The third kappa shape index (κ3) is 3.36. The Hall–Kier alpha value is -1.87. The van der Waals surface area contributed by atoms with Gasteiger partial charge >= 0.3 is 0 Å². The highest BCUT2D eigenvalue weighted by Gasteiger charge is 2.15. The van der Waals surface area contributed by atoms with Crippen molar-refractivity contribution in [2.75, 3.05) is 0 Å². The molecule has 0 aliphatic carbocycles. The van der Waals surface area contributed by atoms with E-state index in [2.05, 4.69) is 6.92 Å². The molecule has 0 aliphatic heterocycles. The van der Waals surface area contributed by atoms with E-state index < -0.39 is 11.9 Å². The van der Waals surface area contributed by atoms with Crippen LogP contribution in [-0.4, -0.2) is 5.11 Å². The highest BCUT2D eigenvalue weighted by molar-refractivity contribution is 5.40. The maximum atomic E-state index is 13.7. The Kier molecular flexibility index (Phi) is 4.74. The van der Waals surface area contributed by atoms with Gasteiger partial charge in [0.05, 0.1) is 11.7 Å². The molecule has 1 N–H and O–H groups in total. The minimum absolute atomic E-state index is 0.185. The minimum atomic E-state index is -0.912. The van der Waals surface area contributed by atoms with Crippen molar-refractivity contribution in [3.05, 3.63) is 59.4 Å². The SMILES string of the molecule is CCCc1ccc(Oc2cccc(F)c2[C@H](C)O)cc1. The van der Waals surface area contributed by atoms with Gasteiger partial charge in [0, 0.05) is 0 Å². The molecule has 3 heteroatoms. The molecule has 1 atom stereocenters. The number of halogens is 1. The van der Waals surface area contributed by atoms with Crippen LogP contribution in [-0.2, 0) is 6.42 Å². The number of aryl methyl sites for hydroxylation is 1. The number of aliphatic hydroxyl groups is 1. The summed E-state index contributed by atoms with van der Waals surface area (Å²) in [5.74, 6) is 0.528. The minimum Gasteiger partial charge on any atom is -0.457 e. The fourth-order valence-electron chi connectivity index (χ4n) is 2.15. The van der Waals surface area contributed by atoms with E-state index in [1.165, 1.54) is 18.6 Å². The van der Waals surface area contributed by atoms with Crippen LogP contribution in [0.5, 0.6) is 11.5 Å². The highest BCUT2D eigenvalue weighted by atomic mass is 19.1. The summed E-state index contributed by atoms with van der Waals surface area (Å²) < 4.78 is 19.4. The lowest BCUT2D eigenvalue weighted by atomic mass is 10.1. The molecular weight excluding hydrogens is 255 g/mol. The van der Waals surface area contributed by atoms with E-state index in [0.717, 1.165) is 12.8 Å². The van der Waals surface area contributed by atoms with Gasteiger partial charge in [-0.25, -0.2) is 4.39 Å². The molecule has 106 valence electrons. The molecule has 0 saturated carbocycles. The van der Waals surface area contributed by atoms with Gasteiger partial charge in [-0.05, 0) is 43.2 Å². The Balaban J connectivity index is 2.23. The molecule has 0 aliphatic rings. The molecule has 0 amide bonds. The summed E-state index contributed by atoms with van der Waals surface area (Å²) in [5.41, 5.74) is 1.43. The fraction of sp³-hybridized carbons (Fsp3) is 0.294. The number of ether oxygens (including phenoxy) is 1.